The van der Waals surface area contributed by atoms with Gasteiger partial charge in [0.05, 0.1) is 10.6 Å². The van der Waals surface area contributed by atoms with Gasteiger partial charge in [-0.15, -0.1) is 0 Å². The zero-order valence-corrected chi connectivity index (χ0v) is 19.5. The van der Waals surface area contributed by atoms with Crippen molar-refractivity contribution in [3.63, 3.8) is 0 Å². The van der Waals surface area contributed by atoms with Gasteiger partial charge in [-0.05, 0) is 61.2 Å². The first kappa shape index (κ1) is 20.1. The minimum atomic E-state index is -3.70. The zero-order valence-electron chi connectivity index (χ0n) is 17.9. The van der Waals surface area contributed by atoms with E-state index in [-0.39, 0.29) is 16.7 Å². The van der Waals surface area contributed by atoms with E-state index in [1.165, 1.54) is 11.1 Å². The molecule has 1 spiro atoms. The number of aryl methyl sites for hydroxylation is 1. The summed E-state index contributed by atoms with van der Waals surface area (Å²) in [6.45, 7) is 6.83. The average molecular weight is 462 g/mol. The van der Waals surface area contributed by atoms with Crippen LogP contribution in [0.25, 0.3) is 0 Å². The lowest BCUT2D eigenvalue weighted by Crippen LogP contribution is -2.64. The fourth-order valence-electron chi connectivity index (χ4n) is 6.34. The third kappa shape index (κ3) is 2.35. The molecule has 0 bridgehead atoms. The topological polar surface area (TPSA) is 37.4 Å². The number of benzene rings is 3. The zero-order chi connectivity index (χ0) is 22.3. The normalized spacial score (nSPS) is 25.1. The monoisotopic (exact) mass is 461 g/mol. The number of fused-ring (bicyclic) bond motifs is 4. The molecule has 1 aliphatic heterocycles. The van der Waals surface area contributed by atoms with E-state index in [0.29, 0.717) is 16.5 Å². The van der Waals surface area contributed by atoms with Crippen molar-refractivity contribution in [3.8, 4) is 0 Å². The highest BCUT2D eigenvalue weighted by atomic mass is 35.5. The summed E-state index contributed by atoms with van der Waals surface area (Å²) < 4.78 is 29.2. The number of hydrogen-bond donors (Lipinski definition) is 0. The lowest BCUT2D eigenvalue weighted by molar-refractivity contribution is 0.134. The van der Waals surface area contributed by atoms with Crippen LogP contribution in [-0.4, -0.2) is 15.0 Å². The predicted molar refractivity (Wildman–Crippen MR) is 129 cm³/mol. The summed E-state index contributed by atoms with van der Waals surface area (Å²) in [6, 6.07) is 23.2. The Kier molecular flexibility index (Phi) is 4.07. The molecule has 2 atom stereocenters. The molecule has 2 fully saturated rings. The average Bonchev–Trinajstić information content (AvgIpc) is 3.62. The van der Waals surface area contributed by atoms with Crippen molar-refractivity contribution in [1.29, 1.82) is 0 Å². The van der Waals surface area contributed by atoms with Crippen LogP contribution in [0.5, 0.6) is 0 Å². The van der Waals surface area contributed by atoms with E-state index in [2.05, 4.69) is 24.8 Å². The van der Waals surface area contributed by atoms with Crippen molar-refractivity contribution in [3.05, 3.63) is 107 Å². The maximum atomic E-state index is 13.8. The molecule has 1 heterocycles. The van der Waals surface area contributed by atoms with Crippen LogP contribution in [0.4, 0.5) is 5.69 Å². The van der Waals surface area contributed by atoms with Gasteiger partial charge in [-0.2, -0.15) is 0 Å². The maximum absolute atomic E-state index is 13.8. The molecule has 0 aromatic heterocycles. The number of rotatable bonds is 3. The number of hydrogen-bond acceptors (Lipinski definition) is 2. The van der Waals surface area contributed by atoms with Crippen LogP contribution < -0.4 is 4.31 Å². The second kappa shape index (κ2) is 6.49. The molecule has 3 aliphatic rings. The van der Waals surface area contributed by atoms with Gasteiger partial charge in [0, 0.05) is 28.3 Å². The van der Waals surface area contributed by atoms with Gasteiger partial charge in [0.2, 0.25) is 0 Å². The van der Waals surface area contributed by atoms with Gasteiger partial charge in [-0.1, -0.05) is 71.8 Å². The Bertz CT molecular complexity index is 1360. The summed E-state index contributed by atoms with van der Waals surface area (Å²) in [4.78, 5) is 0.322. The molecule has 0 N–H and O–H groups in total. The molecule has 3 aromatic rings. The van der Waals surface area contributed by atoms with Gasteiger partial charge in [-0.25, -0.2) is 8.42 Å². The number of halogens is 1. The third-order valence-electron chi connectivity index (χ3n) is 7.92. The largest absolute Gasteiger partial charge is 0.265 e. The summed E-state index contributed by atoms with van der Waals surface area (Å²) >= 11 is 6.22. The number of para-hydroxylation sites is 1. The molecule has 3 nitrogen and oxygen atoms in total. The first-order valence-electron chi connectivity index (χ1n) is 11.0. The van der Waals surface area contributed by atoms with Gasteiger partial charge in [0.25, 0.3) is 10.0 Å². The molecule has 0 unspecified atom stereocenters. The molecule has 0 radical (unpaired) electrons. The van der Waals surface area contributed by atoms with Crippen LogP contribution in [0.2, 0.25) is 5.02 Å². The summed E-state index contributed by atoms with van der Waals surface area (Å²) in [5, 5.41) is 0.706. The first-order chi connectivity index (χ1) is 15.3. The molecule has 0 saturated heterocycles. The summed E-state index contributed by atoms with van der Waals surface area (Å²) in [5.41, 5.74) is 5.04. The Labute approximate surface area is 194 Å². The molecular formula is C27H24ClNO2S. The molecule has 3 aromatic carbocycles. The minimum Gasteiger partial charge on any atom is -0.265 e. The lowest BCUT2D eigenvalue weighted by Gasteiger charge is -2.64. The van der Waals surface area contributed by atoms with E-state index in [4.69, 9.17) is 11.6 Å². The van der Waals surface area contributed by atoms with Crippen LogP contribution in [0.15, 0.2) is 89.8 Å². The molecule has 2 saturated carbocycles. The van der Waals surface area contributed by atoms with Crippen molar-refractivity contribution < 1.29 is 8.42 Å². The van der Waals surface area contributed by atoms with Crippen LogP contribution >= 0.6 is 11.6 Å². The summed E-state index contributed by atoms with van der Waals surface area (Å²) in [6.07, 6.45) is 2.17. The predicted octanol–water partition coefficient (Wildman–Crippen LogP) is 6.11. The van der Waals surface area contributed by atoms with Crippen molar-refractivity contribution in [2.24, 2.45) is 11.3 Å². The second-order valence-electron chi connectivity index (χ2n) is 9.34. The standard InChI is InChI=1S/C27H24ClNO2S/c1-18-7-13-22(14-8-18)32(30,31)29-17-24-19(2)26(15-16-26)27(24,20-9-11-21(28)12-10-20)23-5-3-4-6-25(23)29/h3-14,24H,2,15-17H2,1H3/t24-,27-/m0/s1. The van der Waals surface area contributed by atoms with Gasteiger partial charge in [0.15, 0.2) is 0 Å². The third-order valence-corrected chi connectivity index (χ3v) is 9.96. The lowest BCUT2D eigenvalue weighted by atomic mass is 9.41. The molecule has 32 heavy (non-hydrogen) atoms. The van der Waals surface area contributed by atoms with E-state index < -0.39 is 10.0 Å². The van der Waals surface area contributed by atoms with Crippen LogP contribution in [0.3, 0.4) is 0 Å². The second-order valence-corrected chi connectivity index (χ2v) is 11.6. The Morgan fingerprint density at radius 2 is 1.62 bits per heavy atom. The SMILES string of the molecule is C=C1[C@@H]2CN(S(=O)(=O)c3ccc(C)cc3)c3ccccc3[C@]2(c2ccc(Cl)cc2)C12CC2. The fraction of sp³-hybridized carbons (Fsp3) is 0.259. The Hall–Kier alpha value is -2.56. The molecule has 5 heteroatoms. The highest BCUT2D eigenvalue weighted by Gasteiger charge is 2.76. The maximum Gasteiger partial charge on any atom is 0.264 e. The van der Waals surface area contributed by atoms with E-state index in [1.807, 2.05) is 49.4 Å². The molecule has 162 valence electrons. The summed E-state index contributed by atoms with van der Waals surface area (Å²) in [5.74, 6) is 0.0290. The van der Waals surface area contributed by atoms with Crippen molar-refractivity contribution >= 4 is 27.3 Å². The van der Waals surface area contributed by atoms with Crippen LogP contribution in [0.1, 0.15) is 29.5 Å². The molecule has 6 rings (SSSR count). The number of sulfonamides is 1. The molecule has 0 amide bonds. The van der Waals surface area contributed by atoms with E-state index in [1.54, 1.807) is 16.4 Å². The van der Waals surface area contributed by atoms with Crippen molar-refractivity contribution in [1.82, 2.24) is 0 Å². The van der Waals surface area contributed by atoms with Gasteiger partial charge >= 0.3 is 0 Å². The Morgan fingerprint density at radius 3 is 2.28 bits per heavy atom. The van der Waals surface area contributed by atoms with E-state index in [0.717, 1.165) is 29.7 Å². The smallest absolute Gasteiger partial charge is 0.264 e. The van der Waals surface area contributed by atoms with Gasteiger partial charge < -0.3 is 0 Å². The number of anilines is 1. The van der Waals surface area contributed by atoms with E-state index in [9.17, 15) is 8.42 Å². The van der Waals surface area contributed by atoms with Crippen molar-refractivity contribution in [2.75, 3.05) is 10.8 Å². The highest BCUT2D eigenvalue weighted by molar-refractivity contribution is 7.92. The first-order valence-corrected chi connectivity index (χ1v) is 12.8. The van der Waals surface area contributed by atoms with Crippen molar-refractivity contribution in [2.45, 2.75) is 30.1 Å². The van der Waals surface area contributed by atoms with E-state index >= 15 is 0 Å². The quantitative estimate of drug-likeness (QED) is 0.441. The van der Waals surface area contributed by atoms with Crippen LogP contribution in [-0.2, 0) is 15.4 Å². The fourth-order valence-corrected chi connectivity index (χ4v) is 7.96. The summed E-state index contributed by atoms with van der Waals surface area (Å²) in [7, 11) is -3.70. The Balaban J connectivity index is 1.58. The minimum absolute atomic E-state index is 0.0152. The van der Waals surface area contributed by atoms with Crippen LogP contribution in [0, 0.1) is 18.3 Å². The highest BCUT2D eigenvalue weighted by Crippen LogP contribution is 2.80. The number of nitrogens with zero attached hydrogens (tertiary/aromatic N) is 1. The molecule has 2 aliphatic carbocycles. The molecular weight excluding hydrogens is 438 g/mol. The van der Waals surface area contributed by atoms with Gasteiger partial charge in [0.1, 0.15) is 0 Å². The van der Waals surface area contributed by atoms with Gasteiger partial charge in [-0.3, -0.25) is 4.31 Å². The Morgan fingerprint density at radius 1 is 0.969 bits per heavy atom.